The first-order chi connectivity index (χ1) is 19.2. The molecule has 3 aliphatic carbocycles. The third-order valence-corrected chi connectivity index (χ3v) is 15.1. The lowest BCUT2D eigenvalue weighted by molar-refractivity contribution is 0.105. The minimum absolute atomic E-state index is 0.00513. The molecule has 1 aromatic heterocycles. The van der Waals surface area contributed by atoms with Gasteiger partial charge in [0.2, 0.25) is 0 Å². The van der Waals surface area contributed by atoms with Gasteiger partial charge in [-0.3, -0.25) is 4.98 Å². The van der Waals surface area contributed by atoms with Gasteiger partial charge in [0, 0.05) is 22.7 Å². The predicted molar refractivity (Wildman–Crippen MR) is 175 cm³/mol. The van der Waals surface area contributed by atoms with Crippen molar-refractivity contribution in [1.29, 1.82) is 0 Å². The van der Waals surface area contributed by atoms with Crippen LogP contribution in [0, 0.1) is 5.41 Å². The molecule has 1 heterocycles. The van der Waals surface area contributed by atoms with Gasteiger partial charge in [-0.2, -0.15) is 0 Å². The Labute approximate surface area is 251 Å². The molecule has 0 aliphatic heterocycles. The van der Waals surface area contributed by atoms with E-state index in [1.165, 1.54) is 65.8 Å². The summed E-state index contributed by atoms with van der Waals surface area (Å²) >= 11 is 0. The maximum absolute atomic E-state index is 12.4. The molecule has 224 valence electrons. The highest BCUT2D eigenvalue weighted by molar-refractivity contribution is 6.74. The minimum atomic E-state index is -2.06. The molecule has 0 radical (unpaired) electrons. The molecule has 0 spiro atoms. The van der Waals surface area contributed by atoms with Crippen LogP contribution in [-0.2, 0) is 10.8 Å². The van der Waals surface area contributed by atoms with E-state index < -0.39 is 14.4 Å². The number of rotatable bonds is 7. The van der Waals surface area contributed by atoms with Crippen molar-refractivity contribution in [2.75, 3.05) is 0 Å². The molecule has 1 N–H and O–H groups in total. The van der Waals surface area contributed by atoms with E-state index in [0.29, 0.717) is 11.8 Å². The van der Waals surface area contributed by atoms with Gasteiger partial charge in [-0.05, 0) is 96.7 Å². The molecule has 5 rings (SSSR count). The van der Waals surface area contributed by atoms with E-state index in [2.05, 4.69) is 91.9 Å². The summed E-state index contributed by atoms with van der Waals surface area (Å²) in [5.41, 5.74) is 9.93. The molecule has 1 unspecified atom stereocenters. The first kappa shape index (κ1) is 30.7. The first-order valence-electron chi connectivity index (χ1n) is 16.4. The van der Waals surface area contributed by atoms with Crippen LogP contribution in [0.4, 0.5) is 0 Å². The second kappa shape index (κ2) is 11.4. The number of benzene rings is 1. The summed E-state index contributed by atoms with van der Waals surface area (Å²) < 4.78 is 7.34. The highest BCUT2D eigenvalue weighted by Crippen LogP contribution is 2.53. The molecule has 0 amide bonds. The molecule has 1 aromatic carbocycles. The Balaban J connectivity index is 1.76. The zero-order valence-corrected chi connectivity index (χ0v) is 28.4. The van der Waals surface area contributed by atoms with E-state index in [9.17, 15) is 5.11 Å². The first-order valence-corrected chi connectivity index (χ1v) is 19.3. The number of pyridine rings is 1. The van der Waals surface area contributed by atoms with E-state index in [4.69, 9.17) is 9.41 Å². The van der Waals surface area contributed by atoms with Crippen LogP contribution < -0.4 is 0 Å². The molecule has 0 saturated heterocycles. The lowest BCUT2D eigenvalue weighted by atomic mass is 9.71. The number of aliphatic hydroxyl groups is 1. The zero-order valence-electron chi connectivity index (χ0n) is 27.4. The van der Waals surface area contributed by atoms with Gasteiger partial charge in [0.05, 0.1) is 11.8 Å². The van der Waals surface area contributed by atoms with Crippen LogP contribution >= 0.6 is 0 Å². The topological polar surface area (TPSA) is 42.4 Å². The van der Waals surface area contributed by atoms with Crippen molar-refractivity contribution in [3.8, 4) is 0 Å². The van der Waals surface area contributed by atoms with Gasteiger partial charge >= 0.3 is 0 Å². The van der Waals surface area contributed by atoms with Crippen LogP contribution in [0.1, 0.15) is 163 Å². The van der Waals surface area contributed by atoms with Gasteiger partial charge in [0.25, 0.3) is 0 Å². The molecule has 2 aromatic rings. The number of aliphatic hydroxyl groups excluding tert-OH is 1. The molecule has 41 heavy (non-hydrogen) atoms. The number of hydrogen-bond acceptors (Lipinski definition) is 3. The molecule has 1 fully saturated rings. The second-order valence-corrected chi connectivity index (χ2v) is 20.6. The highest BCUT2D eigenvalue weighted by Gasteiger charge is 2.45. The average molecular weight is 574 g/mol. The molecule has 4 heteroatoms. The number of aromatic nitrogens is 1. The Hall–Kier alpha value is -1.75. The van der Waals surface area contributed by atoms with E-state index in [0.717, 1.165) is 36.8 Å². The Bertz CT molecular complexity index is 1280. The third kappa shape index (κ3) is 6.17. The summed E-state index contributed by atoms with van der Waals surface area (Å²) in [6.45, 7) is 21.0. The molecular formula is C37H55NO2Si. The van der Waals surface area contributed by atoms with Crippen LogP contribution in [0.2, 0.25) is 18.1 Å². The third-order valence-electron chi connectivity index (χ3n) is 10.6. The van der Waals surface area contributed by atoms with Crippen LogP contribution in [0.15, 0.2) is 30.3 Å². The van der Waals surface area contributed by atoms with Crippen molar-refractivity contribution in [2.24, 2.45) is 5.41 Å². The highest BCUT2D eigenvalue weighted by atomic mass is 28.4. The van der Waals surface area contributed by atoms with Gasteiger partial charge in [0.15, 0.2) is 8.32 Å². The van der Waals surface area contributed by atoms with Crippen LogP contribution in [0.3, 0.4) is 0 Å². The quantitative estimate of drug-likeness (QED) is 0.335. The Kier molecular flexibility index (Phi) is 8.53. The SMILES string of the molecule is CC(C)c1ccc([C@H](O)c2c(C3CCCC3)nc3c(c2C2=CCCC2)C(O[Si](C)(C)C(C)(C)C)CC(C)(C)C3)cc1. The zero-order chi connectivity index (χ0) is 29.7. The van der Waals surface area contributed by atoms with Gasteiger partial charge in [0.1, 0.15) is 6.10 Å². The van der Waals surface area contributed by atoms with Gasteiger partial charge in [-0.15, -0.1) is 0 Å². The normalized spacial score (nSPS) is 22.2. The van der Waals surface area contributed by atoms with Crippen molar-refractivity contribution in [1.82, 2.24) is 4.98 Å². The fourth-order valence-electron chi connectivity index (χ4n) is 7.19. The minimum Gasteiger partial charge on any atom is -0.410 e. The average Bonchev–Trinajstić information content (AvgIpc) is 3.60. The standard InChI is InChI=1S/C37H55NO2Si/c1-24(2)25-18-20-28(21-19-25)35(39)33-31(26-14-10-11-15-26)32-29(38-34(33)27-16-12-13-17-27)22-37(6,7)23-30(32)40-41(8,9)36(3,4)5/h14,18-21,24,27,30,35,39H,10-13,15-17,22-23H2,1-9H3/t30?,35-/m0/s1. The molecule has 1 saturated carbocycles. The van der Waals surface area contributed by atoms with E-state index in [1.54, 1.807) is 0 Å². The predicted octanol–water partition coefficient (Wildman–Crippen LogP) is 10.5. The van der Waals surface area contributed by atoms with E-state index in [-0.39, 0.29) is 16.6 Å². The summed E-state index contributed by atoms with van der Waals surface area (Å²) in [4.78, 5) is 5.61. The van der Waals surface area contributed by atoms with E-state index in [1.807, 2.05) is 0 Å². The van der Waals surface area contributed by atoms with Gasteiger partial charge in [-0.1, -0.05) is 91.6 Å². The summed E-state index contributed by atoms with van der Waals surface area (Å²) in [5, 5.41) is 12.5. The number of nitrogens with zero attached hydrogens (tertiary/aromatic N) is 1. The Morgan fingerprint density at radius 3 is 2.20 bits per heavy atom. The maximum atomic E-state index is 12.4. The molecule has 2 atom stereocenters. The van der Waals surface area contributed by atoms with Crippen LogP contribution in [0.5, 0.6) is 0 Å². The summed E-state index contributed by atoms with van der Waals surface area (Å²) in [6.07, 6.45) is 12.0. The number of fused-ring (bicyclic) bond motifs is 1. The van der Waals surface area contributed by atoms with Gasteiger partial charge in [-0.25, -0.2) is 0 Å². The van der Waals surface area contributed by atoms with E-state index >= 15 is 0 Å². The second-order valence-electron chi connectivity index (χ2n) is 15.9. The number of hydrogen-bond donors (Lipinski definition) is 1. The lowest BCUT2D eigenvalue weighted by Gasteiger charge is -2.45. The Morgan fingerprint density at radius 1 is 1.00 bits per heavy atom. The molecule has 3 aliphatic rings. The Morgan fingerprint density at radius 2 is 1.63 bits per heavy atom. The fraction of sp³-hybridized carbons (Fsp3) is 0.649. The van der Waals surface area contributed by atoms with Crippen LogP contribution in [-0.4, -0.2) is 18.4 Å². The summed E-state index contributed by atoms with van der Waals surface area (Å²) in [5.74, 6) is 0.891. The van der Waals surface area contributed by atoms with Gasteiger partial charge < -0.3 is 9.53 Å². The summed E-state index contributed by atoms with van der Waals surface area (Å²) in [7, 11) is -2.06. The monoisotopic (exact) mass is 573 g/mol. The summed E-state index contributed by atoms with van der Waals surface area (Å²) in [6, 6.07) is 8.70. The molecule has 0 bridgehead atoms. The van der Waals surface area contributed by atoms with Crippen molar-refractivity contribution in [3.05, 3.63) is 69.5 Å². The van der Waals surface area contributed by atoms with Crippen molar-refractivity contribution < 1.29 is 9.53 Å². The fourth-order valence-corrected chi connectivity index (χ4v) is 8.45. The largest absolute Gasteiger partial charge is 0.410 e. The molecule has 3 nitrogen and oxygen atoms in total. The smallest absolute Gasteiger partial charge is 0.192 e. The van der Waals surface area contributed by atoms with Crippen molar-refractivity contribution in [3.63, 3.8) is 0 Å². The van der Waals surface area contributed by atoms with Crippen LogP contribution in [0.25, 0.3) is 5.57 Å². The molecular weight excluding hydrogens is 518 g/mol. The maximum Gasteiger partial charge on any atom is 0.192 e. The van der Waals surface area contributed by atoms with Crippen molar-refractivity contribution in [2.45, 2.75) is 148 Å². The number of allylic oxidation sites excluding steroid dienone is 2. The van der Waals surface area contributed by atoms with Crippen molar-refractivity contribution >= 4 is 13.9 Å². The lowest BCUT2D eigenvalue weighted by Crippen LogP contribution is -2.44.